The maximum Gasteiger partial charge on any atom is 0.302 e. The fourth-order valence-electron chi connectivity index (χ4n) is 3.47. The van der Waals surface area contributed by atoms with E-state index in [9.17, 15) is 14.4 Å². The first-order valence-electron chi connectivity index (χ1n) is 7.64. The Morgan fingerprint density at radius 2 is 2.25 bits per heavy atom. The van der Waals surface area contributed by atoms with Crippen LogP contribution in [0.1, 0.15) is 43.0 Å². The van der Waals surface area contributed by atoms with E-state index in [1.807, 2.05) is 0 Å². The van der Waals surface area contributed by atoms with Crippen LogP contribution in [-0.2, 0) is 25.7 Å². The van der Waals surface area contributed by atoms with Crippen LogP contribution in [0.25, 0.3) is 0 Å². The van der Waals surface area contributed by atoms with Crippen LogP contribution < -0.4 is 15.8 Å². The van der Waals surface area contributed by atoms with E-state index < -0.39 is 35.3 Å². The molecule has 0 saturated carbocycles. The number of amides is 2. The summed E-state index contributed by atoms with van der Waals surface area (Å²) in [5.41, 5.74) is 6.45. The maximum atomic E-state index is 12.3. The minimum absolute atomic E-state index is 0.00534. The molecule has 0 aromatic carbocycles. The van der Waals surface area contributed by atoms with Gasteiger partial charge in [-0.3, -0.25) is 19.4 Å². The van der Waals surface area contributed by atoms with Gasteiger partial charge in [0, 0.05) is 36.6 Å². The number of nitrogens with two attached hydrogens (primary N) is 1. The molecule has 3 rings (SSSR count). The number of pyridine rings is 1. The van der Waals surface area contributed by atoms with E-state index in [-0.39, 0.29) is 6.61 Å². The van der Waals surface area contributed by atoms with Gasteiger partial charge < -0.3 is 20.5 Å². The number of aryl methyl sites for hydroxylation is 1. The highest BCUT2D eigenvalue weighted by atomic mass is 16.5. The molecule has 3 atom stereocenters. The Balaban J connectivity index is 2.14. The number of nitrogens with zero attached hydrogens (tertiary/aromatic N) is 1. The van der Waals surface area contributed by atoms with Crippen LogP contribution in [0.5, 0.6) is 5.75 Å². The Kier molecular flexibility index (Phi) is 3.70. The van der Waals surface area contributed by atoms with Crippen molar-refractivity contribution in [2.75, 3.05) is 0 Å². The molecule has 2 aliphatic heterocycles. The lowest BCUT2D eigenvalue weighted by Gasteiger charge is -2.47. The number of primary amides is 1. The standard InChI is InChI=1S/C16H19N3O5/c1-7-13-11(9(5-18-7)6-23-8(2)20)10-4-16(3,24-13)19-15(22)12(10)14(17)21/h5,10,12H,4,6H2,1-3H3,(H2,17,21)(H,19,22)/t10-,12+,16-/m0/s1. The van der Waals surface area contributed by atoms with E-state index in [4.69, 9.17) is 15.2 Å². The van der Waals surface area contributed by atoms with Gasteiger partial charge in [0.1, 0.15) is 18.3 Å². The molecule has 0 spiro atoms. The van der Waals surface area contributed by atoms with Crippen LogP contribution in [0.3, 0.4) is 0 Å². The van der Waals surface area contributed by atoms with E-state index in [1.54, 1.807) is 20.0 Å². The largest absolute Gasteiger partial charge is 0.466 e. The minimum atomic E-state index is -1.00. The lowest BCUT2D eigenvalue weighted by molar-refractivity contribution is -0.147. The molecule has 0 radical (unpaired) electrons. The molecule has 3 heterocycles. The molecule has 3 N–H and O–H groups in total. The van der Waals surface area contributed by atoms with Crippen LogP contribution in [0.2, 0.25) is 0 Å². The number of rotatable bonds is 3. The number of aromatic nitrogens is 1. The molecule has 128 valence electrons. The van der Waals surface area contributed by atoms with Crippen LogP contribution in [0.15, 0.2) is 6.20 Å². The van der Waals surface area contributed by atoms with Gasteiger partial charge in [-0.2, -0.15) is 0 Å². The van der Waals surface area contributed by atoms with Crippen LogP contribution >= 0.6 is 0 Å². The highest BCUT2D eigenvalue weighted by Gasteiger charge is 2.52. The molecule has 8 nitrogen and oxygen atoms in total. The van der Waals surface area contributed by atoms with Crippen molar-refractivity contribution in [3.8, 4) is 5.75 Å². The van der Waals surface area contributed by atoms with Crippen molar-refractivity contribution in [2.45, 2.75) is 45.4 Å². The first kappa shape index (κ1) is 16.2. The number of carbonyl (C=O) groups is 3. The normalized spacial score (nSPS) is 27.5. The molecule has 2 amide bonds. The number of hydrogen-bond acceptors (Lipinski definition) is 6. The predicted octanol–water partition coefficient (Wildman–Crippen LogP) is 0.267. The summed E-state index contributed by atoms with van der Waals surface area (Å²) in [6.07, 6.45) is 1.98. The summed E-state index contributed by atoms with van der Waals surface area (Å²) in [4.78, 5) is 39.6. The molecule has 1 fully saturated rings. The molecule has 1 aromatic rings. The highest BCUT2D eigenvalue weighted by Crippen LogP contribution is 2.48. The number of ether oxygens (including phenoxy) is 2. The molecule has 8 heteroatoms. The first-order chi connectivity index (χ1) is 11.2. The zero-order chi connectivity index (χ0) is 17.6. The monoisotopic (exact) mass is 333 g/mol. The highest BCUT2D eigenvalue weighted by molar-refractivity contribution is 6.01. The Morgan fingerprint density at radius 1 is 1.54 bits per heavy atom. The van der Waals surface area contributed by atoms with Gasteiger partial charge in [-0.25, -0.2) is 0 Å². The van der Waals surface area contributed by atoms with Crippen molar-refractivity contribution in [1.82, 2.24) is 10.3 Å². The van der Waals surface area contributed by atoms with Gasteiger partial charge in [-0.1, -0.05) is 0 Å². The lowest BCUT2D eigenvalue weighted by Crippen LogP contribution is -2.62. The second-order valence-electron chi connectivity index (χ2n) is 6.40. The van der Waals surface area contributed by atoms with E-state index in [0.717, 1.165) is 0 Å². The zero-order valence-corrected chi connectivity index (χ0v) is 13.7. The van der Waals surface area contributed by atoms with E-state index in [2.05, 4.69) is 10.3 Å². The molecule has 1 aromatic heterocycles. The van der Waals surface area contributed by atoms with E-state index in [0.29, 0.717) is 29.0 Å². The topological polar surface area (TPSA) is 121 Å². The smallest absolute Gasteiger partial charge is 0.302 e. The summed E-state index contributed by atoms with van der Waals surface area (Å²) in [7, 11) is 0. The van der Waals surface area contributed by atoms with Crippen molar-refractivity contribution >= 4 is 17.8 Å². The van der Waals surface area contributed by atoms with Crippen molar-refractivity contribution in [1.29, 1.82) is 0 Å². The van der Waals surface area contributed by atoms with E-state index in [1.165, 1.54) is 6.92 Å². The molecule has 1 saturated heterocycles. The van der Waals surface area contributed by atoms with Gasteiger partial charge in [-0.15, -0.1) is 0 Å². The second-order valence-corrected chi connectivity index (χ2v) is 6.40. The van der Waals surface area contributed by atoms with Crippen molar-refractivity contribution < 1.29 is 23.9 Å². The van der Waals surface area contributed by atoms with Gasteiger partial charge in [-0.05, 0) is 13.8 Å². The Labute approximate surface area is 138 Å². The third-order valence-corrected chi connectivity index (χ3v) is 4.45. The molecule has 24 heavy (non-hydrogen) atoms. The number of fused-ring (bicyclic) bond motifs is 4. The summed E-state index contributed by atoms with van der Waals surface area (Å²) < 4.78 is 11.0. The van der Waals surface area contributed by atoms with Gasteiger partial charge in [0.25, 0.3) is 0 Å². The van der Waals surface area contributed by atoms with Gasteiger partial charge in [0.15, 0.2) is 5.72 Å². The molecule has 2 bridgehead atoms. The van der Waals surface area contributed by atoms with Crippen LogP contribution in [0, 0.1) is 12.8 Å². The molecule has 2 aliphatic rings. The molecule has 0 unspecified atom stereocenters. The van der Waals surface area contributed by atoms with Gasteiger partial charge >= 0.3 is 5.97 Å². The Hall–Kier alpha value is -2.64. The number of nitrogens with one attached hydrogen (secondary N) is 1. The Bertz CT molecular complexity index is 747. The fraction of sp³-hybridized carbons (Fsp3) is 0.500. The average molecular weight is 333 g/mol. The molecule has 0 aliphatic carbocycles. The number of esters is 1. The van der Waals surface area contributed by atoms with E-state index >= 15 is 0 Å². The number of carbonyl (C=O) groups excluding carboxylic acids is 3. The summed E-state index contributed by atoms with van der Waals surface area (Å²) in [5, 5.41) is 2.72. The minimum Gasteiger partial charge on any atom is -0.466 e. The lowest BCUT2D eigenvalue weighted by atomic mass is 9.73. The maximum absolute atomic E-state index is 12.3. The third-order valence-electron chi connectivity index (χ3n) is 4.45. The summed E-state index contributed by atoms with van der Waals surface area (Å²) in [5.74, 6) is -2.53. The number of piperidine rings is 1. The fourth-order valence-corrected chi connectivity index (χ4v) is 3.47. The van der Waals surface area contributed by atoms with Crippen LogP contribution in [0.4, 0.5) is 0 Å². The SMILES string of the molecule is CC(=O)OCc1cnc(C)c2c1[C@@H]1C[C@@](C)(NC(=O)[C@H]1C(N)=O)O2. The summed E-state index contributed by atoms with van der Waals surface area (Å²) >= 11 is 0. The van der Waals surface area contributed by atoms with Crippen molar-refractivity contribution in [2.24, 2.45) is 11.7 Å². The summed E-state index contributed by atoms with van der Waals surface area (Å²) in [6, 6.07) is 0. The predicted molar refractivity (Wildman–Crippen MR) is 81.7 cm³/mol. The molecular formula is C16H19N3O5. The average Bonchev–Trinajstić information content (AvgIpc) is 2.45. The summed E-state index contributed by atoms with van der Waals surface area (Å²) in [6.45, 7) is 4.83. The van der Waals surface area contributed by atoms with Crippen molar-refractivity contribution in [3.05, 3.63) is 23.0 Å². The second kappa shape index (κ2) is 5.47. The molecular weight excluding hydrogens is 314 g/mol. The van der Waals surface area contributed by atoms with Crippen LogP contribution in [-0.4, -0.2) is 28.5 Å². The van der Waals surface area contributed by atoms with Gasteiger partial charge in [0.2, 0.25) is 11.8 Å². The Morgan fingerprint density at radius 3 is 2.88 bits per heavy atom. The zero-order valence-electron chi connectivity index (χ0n) is 13.7. The van der Waals surface area contributed by atoms with Crippen molar-refractivity contribution in [3.63, 3.8) is 0 Å². The third kappa shape index (κ3) is 2.57. The first-order valence-corrected chi connectivity index (χ1v) is 7.64. The quantitative estimate of drug-likeness (QED) is 0.605. The number of hydrogen-bond donors (Lipinski definition) is 2. The van der Waals surface area contributed by atoms with Gasteiger partial charge in [0.05, 0.1) is 5.69 Å².